The molecular weight excluding hydrogens is 562 g/mol. The van der Waals surface area contributed by atoms with E-state index in [2.05, 4.69) is 89.4 Å². The van der Waals surface area contributed by atoms with Crippen LogP contribution in [0.25, 0.3) is 0 Å². The number of phenolic OH excluding ortho intramolecular Hbond substituents is 1. The number of hydrazone groups is 1. The van der Waals surface area contributed by atoms with E-state index in [0.717, 1.165) is 41.7 Å². The molecule has 0 spiro atoms. The van der Waals surface area contributed by atoms with Gasteiger partial charge in [-0.15, -0.1) is 0 Å². The number of piperidine rings is 1. The molecule has 2 aromatic carbocycles. The van der Waals surface area contributed by atoms with Crippen molar-refractivity contribution in [2.45, 2.75) is 33.6 Å². The van der Waals surface area contributed by atoms with Crippen LogP contribution in [0.5, 0.6) is 5.75 Å². The molecule has 0 aliphatic carbocycles. The molecule has 1 aliphatic heterocycles. The lowest BCUT2D eigenvalue weighted by Crippen LogP contribution is -2.34. The van der Waals surface area contributed by atoms with E-state index in [9.17, 15) is 5.11 Å². The Kier molecular flexibility index (Phi) is 7.67. The van der Waals surface area contributed by atoms with E-state index in [0.29, 0.717) is 33.8 Å². The molecule has 178 valence electrons. The predicted octanol–water partition coefficient (Wildman–Crippen LogP) is 6.14. The van der Waals surface area contributed by atoms with Crippen LogP contribution in [0.3, 0.4) is 0 Å². The molecule has 0 bridgehead atoms. The summed E-state index contributed by atoms with van der Waals surface area (Å²) in [6.07, 6.45) is 3.72. The summed E-state index contributed by atoms with van der Waals surface area (Å²) in [6, 6.07) is 9.62. The Bertz CT molecular complexity index is 1210. The maximum absolute atomic E-state index is 10.3. The highest BCUT2D eigenvalue weighted by atomic mass is 79.9. The Balaban J connectivity index is 1.62. The molecule has 3 aromatic rings. The van der Waals surface area contributed by atoms with Crippen molar-refractivity contribution in [2.24, 2.45) is 11.0 Å². The van der Waals surface area contributed by atoms with Crippen LogP contribution in [0.1, 0.15) is 36.5 Å². The lowest BCUT2D eigenvalue weighted by atomic mass is 10.00. The second-order valence-corrected chi connectivity index (χ2v) is 10.3. The lowest BCUT2D eigenvalue weighted by Gasteiger charge is -2.30. The molecule has 0 saturated carbocycles. The fourth-order valence-corrected chi connectivity index (χ4v) is 4.93. The quantitative estimate of drug-likeness (QED) is 0.235. The number of hydrogen-bond acceptors (Lipinski definition) is 8. The number of hydrogen-bond donors (Lipinski definition) is 3. The normalized spacial score (nSPS) is 14.6. The molecule has 34 heavy (non-hydrogen) atoms. The third-order valence-corrected chi connectivity index (χ3v) is 7.03. The highest BCUT2D eigenvalue weighted by Crippen LogP contribution is 2.31. The fourth-order valence-electron chi connectivity index (χ4n) is 3.67. The van der Waals surface area contributed by atoms with Crippen molar-refractivity contribution < 1.29 is 5.11 Å². The summed E-state index contributed by atoms with van der Waals surface area (Å²) in [7, 11) is 0. The van der Waals surface area contributed by atoms with Crippen molar-refractivity contribution in [1.29, 1.82) is 0 Å². The minimum absolute atomic E-state index is 0.102. The number of benzene rings is 2. The first-order valence-electron chi connectivity index (χ1n) is 11.1. The molecule has 10 heteroatoms. The van der Waals surface area contributed by atoms with Gasteiger partial charge >= 0.3 is 0 Å². The Morgan fingerprint density at radius 1 is 1.09 bits per heavy atom. The standard InChI is InChI=1S/C24H27Br2N7O/c1-14-7-9-33(10-8-14)24-30-22(28-20-6-4-5-15(2)16(20)3)29-23(31-24)32-27-13-17-11-18(25)12-19(26)21(17)34/h4-6,11-14,34H,7-10H2,1-3H3,(H2,28,29,30,31,32)/b27-13-. The summed E-state index contributed by atoms with van der Waals surface area (Å²) in [4.78, 5) is 16.0. The van der Waals surface area contributed by atoms with Crippen molar-refractivity contribution in [3.8, 4) is 5.75 Å². The van der Waals surface area contributed by atoms with Gasteiger partial charge in [0.25, 0.3) is 0 Å². The zero-order valence-corrected chi connectivity index (χ0v) is 22.5. The molecule has 1 aromatic heterocycles. The molecule has 1 saturated heterocycles. The zero-order valence-electron chi connectivity index (χ0n) is 19.3. The van der Waals surface area contributed by atoms with Crippen molar-refractivity contribution in [1.82, 2.24) is 15.0 Å². The molecule has 4 rings (SSSR count). The van der Waals surface area contributed by atoms with Gasteiger partial charge in [-0.25, -0.2) is 5.43 Å². The smallest absolute Gasteiger partial charge is 0.250 e. The van der Waals surface area contributed by atoms with Gasteiger partial charge in [-0.3, -0.25) is 0 Å². The third kappa shape index (κ3) is 5.85. The number of aryl methyl sites for hydroxylation is 1. The van der Waals surface area contributed by atoms with Crippen LogP contribution in [-0.4, -0.2) is 39.4 Å². The first kappa shape index (κ1) is 24.4. The van der Waals surface area contributed by atoms with Crippen molar-refractivity contribution in [3.63, 3.8) is 0 Å². The van der Waals surface area contributed by atoms with Gasteiger partial charge in [0.05, 0.1) is 10.7 Å². The second-order valence-electron chi connectivity index (χ2n) is 8.52. The molecule has 3 N–H and O–H groups in total. The van der Waals surface area contributed by atoms with E-state index in [1.807, 2.05) is 12.1 Å². The van der Waals surface area contributed by atoms with Crippen molar-refractivity contribution in [2.75, 3.05) is 28.7 Å². The molecular formula is C24H27Br2N7O. The van der Waals surface area contributed by atoms with Gasteiger partial charge in [-0.05, 0) is 77.9 Å². The molecule has 0 atom stereocenters. The number of rotatable bonds is 6. The highest BCUT2D eigenvalue weighted by molar-refractivity contribution is 9.11. The Morgan fingerprint density at radius 2 is 1.82 bits per heavy atom. The number of aromatic nitrogens is 3. The molecule has 1 fully saturated rings. The maximum Gasteiger partial charge on any atom is 0.250 e. The minimum Gasteiger partial charge on any atom is -0.506 e. The SMILES string of the molecule is Cc1cccc(Nc2nc(N/N=C\c3cc(Br)cc(Br)c3O)nc(N3CCC(C)CC3)n2)c1C. The lowest BCUT2D eigenvalue weighted by molar-refractivity contribution is 0.434. The monoisotopic (exact) mass is 587 g/mol. The minimum atomic E-state index is 0.102. The summed E-state index contributed by atoms with van der Waals surface area (Å²) in [5, 5.41) is 17.9. The highest BCUT2D eigenvalue weighted by Gasteiger charge is 2.20. The van der Waals surface area contributed by atoms with Gasteiger partial charge in [-0.2, -0.15) is 20.1 Å². The van der Waals surface area contributed by atoms with Crippen LogP contribution < -0.4 is 15.6 Å². The van der Waals surface area contributed by atoms with Crippen LogP contribution in [0.15, 0.2) is 44.4 Å². The maximum atomic E-state index is 10.3. The molecule has 0 radical (unpaired) electrons. The van der Waals surface area contributed by atoms with Crippen molar-refractivity contribution >= 4 is 61.6 Å². The van der Waals surface area contributed by atoms with Gasteiger partial charge in [0.1, 0.15) is 5.75 Å². The van der Waals surface area contributed by atoms with Crippen LogP contribution in [0.4, 0.5) is 23.5 Å². The average molecular weight is 589 g/mol. The summed E-state index contributed by atoms with van der Waals surface area (Å²) in [5.74, 6) is 2.18. The van der Waals surface area contributed by atoms with Crippen LogP contribution >= 0.6 is 31.9 Å². The Morgan fingerprint density at radius 3 is 2.59 bits per heavy atom. The van der Waals surface area contributed by atoms with E-state index in [1.54, 1.807) is 12.1 Å². The van der Waals surface area contributed by atoms with Crippen LogP contribution in [0.2, 0.25) is 0 Å². The first-order chi connectivity index (χ1) is 16.3. The van der Waals surface area contributed by atoms with E-state index in [1.165, 1.54) is 11.8 Å². The predicted molar refractivity (Wildman–Crippen MR) is 144 cm³/mol. The number of anilines is 4. The molecule has 0 amide bonds. The van der Waals surface area contributed by atoms with Gasteiger partial charge in [0, 0.05) is 28.8 Å². The van der Waals surface area contributed by atoms with Crippen molar-refractivity contribution in [3.05, 3.63) is 56.0 Å². The summed E-state index contributed by atoms with van der Waals surface area (Å²) in [6.45, 7) is 8.21. The molecule has 8 nitrogen and oxygen atoms in total. The summed E-state index contributed by atoms with van der Waals surface area (Å²) < 4.78 is 1.39. The van der Waals surface area contributed by atoms with Gasteiger partial charge in [0.2, 0.25) is 17.8 Å². The fraction of sp³-hybridized carbons (Fsp3) is 0.333. The number of aromatic hydroxyl groups is 1. The number of nitrogens with one attached hydrogen (secondary N) is 2. The molecule has 0 unspecified atom stereocenters. The topological polar surface area (TPSA) is 98.6 Å². The largest absolute Gasteiger partial charge is 0.506 e. The zero-order chi connectivity index (χ0) is 24.2. The van der Waals surface area contributed by atoms with Gasteiger partial charge in [0.15, 0.2) is 0 Å². The van der Waals surface area contributed by atoms with E-state index >= 15 is 0 Å². The van der Waals surface area contributed by atoms with E-state index < -0.39 is 0 Å². The van der Waals surface area contributed by atoms with Crippen LogP contribution in [-0.2, 0) is 0 Å². The Labute approximate surface area is 216 Å². The summed E-state index contributed by atoms with van der Waals surface area (Å²) >= 11 is 6.76. The number of nitrogens with zero attached hydrogens (tertiary/aromatic N) is 5. The van der Waals surface area contributed by atoms with E-state index in [4.69, 9.17) is 4.98 Å². The first-order valence-corrected chi connectivity index (χ1v) is 12.7. The molecule has 2 heterocycles. The average Bonchev–Trinajstić information content (AvgIpc) is 2.80. The van der Waals surface area contributed by atoms with Gasteiger partial charge < -0.3 is 15.3 Å². The third-order valence-electron chi connectivity index (χ3n) is 5.97. The second kappa shape index (κ2) is 10.7. The summed E-state index contributed by atoms with van der Waals surface area (Å²) in [5.41, 5.74) is 6.71. The molecule has 1 aliphatic rings. The van der Waals surface area contributed by atoms with E-state index in [-0.39, 0.29) is 5.75 Å². The van der Waals surface area contributed by atoms with Crippen LogP contribution in [0, 0.1) is 19.8 Å². The number of phenols is 1. The Hall–Kier alpha value is -2.72. The van der Waals surface area contributed by atoms with Gasteiger partial charge in [-0.1, -0.05) is 35.0 Å². The number of halogens is 2.